The molecule has 3 aromatic rings. The summed E-state index contributed by atoms with van der Waals surface area (Å²) in [7, 11) is 0. The quantitative estimate of drug-likeness (QED) is 0.619. The van der Waals surface area contributed by atoms with Gasteiger partial charge in [-0.25, -0.2) is 4.39 Å². The van der Waals surface area contributed by atoms with Gasteiger partial charge in [0, 0.05) is 24.0 Å². The van der Waals surface area contributed by atoms with Gasteiger partial charge in [0.2, 0.25) is 5.91 Å². The van der Waals surface area contributed by atoms with E-state index in [0.29, 0.717) is 42.5 Å². The fourth-order valence-corrected chi connectivity index (χ4v) is 4.16. The molecular weight excluding hydrogens is 395 g/mol. The number of carbonyl (C=O) groups is 1. The molecule has 0 radical (unpaired) electrons. The molecule has 0 unspecified atom stereocenters. The molecule has 7 heteroatoms. The smallest absolute Gasteiger partial charge is 0.249 e. The monoisotopic (exact) mass is 418 g/mol. The van der Waals surface area contributed by atoms with Crippen LogP contribution >= 0.6 is 0 Å². The van der Waals surface area contributed by atoms with E-state index in [9.17, 15) is 14.3 Å². The summed E-state index contributed by atoms with van der Waals surface area (Å²) in [6.07, 6.45) is 2.62. The van der Waals surface area contributed by atoms with E-state index >= 15 is 0 Å². The number of carbonyl (C=O) groups excluding carboxylic acids is 1. The third-order valence-electron chi connectivity index (χ3n) is 5.70. The summed E-state index contributed by atoms with van der Waals surface area (Å²) in [6, 6.07) is 13.3. The number of hydrogen-bond donors (Lipinski definition) is 1. The van der Waals surface area contributed by atoms with Crippen molar-refractivity contribution < 1.29 is 14.3 Å². The Morgan fingerprint density at radius 1 is 1.32 bits per heavy atom. The highest BCUT2D eigenvalue weighted by atomic mass is 19.1. The van der Waals surface area contributed by atoms with Crippen molar-refractivity contribution in [2.75, 3.05) is 6.54 Å². The largest absolute Gasteiger partial charge is 0.391 e. The van der Waals surface area contributed by atoms with Gasteiger partial charge in [-0.1, -0.05) is 18.7 Å². The third-order valence-corrected chi connectivity index (χ3v) is 5.70. The Kier molecular flexibility index (Phi) is 5.83. The molecule has 0 spiro atoms. The average molecular weight is 418 g/mol. The van der Waals surface area contributed by atoms with Crippen molar-refractivity contribution in [3.8, 4) is 6.07 Å². The van der Waals surface area contributed by atoms with Crippen molar-refractivity contribution in [3.63, 3.8) is 0 Å². The van der Waals surface area contributed by atoms with Crippen LogP contribution in [0.25, 0.3) is 10.9 Å². The first-order valence-electron chi connectivity index (χ1n) is 10.2. The first-order chi connectivity index (χ1) is 15.0. The van der Waals surface area contributed by atoms with E-state index in [4.69, 9.17) is 5.26 Å². The van der Waals surface area contributed by atoms with Crippen molar-refractivity contribution in [1.29, 1.82) is 5.26 Å². The lowest BCUT2D eigenvalue weighted by molar-refractivity contribution is -0.128. The average Bonchev–Trinajstić information content (AvgIpc) is 3.36. The lowest BCUT2D eigenvalue weighted by atomic mass is 10.0. The highest BCUT2D eigenvalue weighted by molar-refractivity contribution is 5.93. The lowest BCUT2D eigenvalue weighted by Crippen LogP contribution is -2.32. The molecule has 1 aliphatic heterocycles. The standard InChI is InChI=1S/C24H23FN4O2/c1-16(4-3-9-29-22-8-7-17(13-26)10-19(22)14-27-29)24(31)28-15-21(30)12-23(28)18-5-2-6-20(25)11-18/h2,5-8,10-11,14,21,23,30H,1,3-4,9,12,15H2/t21-,23+/m1/s1. The predicted octanol–water partition coefficient (Wildman–Crippen LogP) is 3.72. The van der Waals surface area contributed by atoms with E-state index in [1.54, 1.807) is 35.4 Å². The van der Waals surface area contributed by atoms with Gasteiger partial charge in [-0.15, -0.1) is 0 Å². The summed E-state index contributed by atoms with van der Waals surface area (Å²) in [5.74, 6) is -0.576. The summed E-state index contributed by atoms with van der Waals surface area (Å²) in [5, 5.41) is 24.4. The number of nitrogens with zero attached hydrogens (tertiary/aromatic N) is 4. The van der Waals surface area contributed by atoms with E-state index < -0.39 is 6.10 Å². The summed E-state index contributed by atoms with van der Waals surface area (Å²) in [4.78, 5) is 14.6. The van der Waals surface area contributed by atoms with Crippen LogP contribution in [0.15, 0.2) is 60.8 Å². The molecule has 1 N–H and O–H groups in total. The number of aromatic nitrogens is 2. The molecule has 2 heterocycles. The third kappa shape index (κ3) is 4.35. The normalized spacial score (nSPS) is 18.3. The first-order valence-corrected chi connectivity index (χ1v) is 10.2. The molecule has 1 aliphatic rings. The minimum absolute atomic E-state index is 0.212. The molecule has 0 saturated carbocycles. The molecule has 1 amide bonds. The Morgan fingerprint density at radius 3 is 2.94 bits per heavy atom. The van der Waals surface area contributed by atoms with E-state index in [1.165, 1.54) is 12.1 Å². The second kappa shape index (κ2) is 8.70. The van der Waals surface area contributed by atoms with Gasteiger partial charge in [-0.3, -0.25) is 9.48 Å². The summed E-state index contributed by atoms with van der Waals surface area (Å²) < 4.78 is 15.5. The van der Waals surface area contributed by atoms with E-state index in [0.717, 1.165) is 10.9 Å². The lowest BCUT2D eigenvalue weighted by Gasteiger charge is -2.25. The van der Waals surface area contributed by atoms with Gasteiger partial charge in [0.25, 0.3) is 0 Å². The second-order valence-corrected chi connectivity index (χ2v) is 7.88. The summed E-state index contributed by atoms with van der Waals surface area (Å²) >= 11 is 0. The zero-order valence-corrected chi connectivity index (χ0v) is 17.0. The molecule has 2 aromatic carbocycles. The molecule has 4 rings (SSSR count). The second-order valence-electron chi connectivity index (χ2n) is 7.88. The van der Waals surface area contributed by atoms with Gasteiger partial charge in [0.1, 0.15) is 5.82 Å². The molecule has 0 bridgehead atoms. The van der Waals surface area contributed by atoms with Crippen molar-refractivity contribution in [1.82, 2.24) is 14.7 Å². The number of aryl methyl sites for hydroxylation is 1. The van der Waals surface area contributed by atoms with E-state index in [1.807, 2.05) is 10.7 Å². The van der Waals surface area contributed by atoms with Gasteiger partial charge in [-0.05, 0) is 55.2 Å². The van der Waals surface area contributed by atoms with Gasteiger partial charge in [-0.2, -0.15) is 10.4 Å². The number of likely N-dealkylation sites (tertiary alicyclic amines) is 1. The molecular formula is C24H23FN4O2. The number of fused-ring (bicyclic) bond motifs is 1. The highest BCUT2D eigenvalue weighted by Crippen LogP contribution is 2.34. The highest BCUT2D eigenvalue weighted by Gasteiger charge is 2.36. The number of β-amino-alcohol motifs (C(OH)–C–C–N with tert-alkyl or cyclic N) is 1. The van der Waals surface area contributed by atoms with Crippen LogP contribution in [-0.2, 0) is 11.3 Å². The van der Waals surface area contributed by atoms with Crippen molar-refractivity contribution in [3.05, 3.63) is 77.8 Å². The van der Waals surface area contributed by atoms with Crippen molar-refractivity contribution in [2.24, 2.45) is 0 Å². The van der Waals surface area contributed by atoms with E-state index in [2.05, 4.69) is 17.7 Å². The van der Waals surface area contributed by atoms with Crippen LogP contribution in [0, 0.1) is 17.1 Å². The van der Waals surface area contributed by atoms with Crippen LogP contribution in [0.1, 0.15) is 36.4 Å². The number of aliphatic hydroxyl groups excluding tert-OH is 1. The van der Waals surface area contributed by atoms with Crippen LogP contribution in [0.4, 0.5) is 4.39 Å². The number of halogens is 1. The van der Waals surface area contributed by atoms with Gasteiger partial charge in [0.15, 0.2) is 0 Å². The Morgan fingerprint density at radius 2 is 2.16 bits per heavy atom. The maximum Gasteiger partial charge on any atom is 0.249 e. The topological polar surface area (TPSA) is 82.2 Å². The van der Waals surface area contributed by atoms with Crippen LogP contribution < -0.4 is 0 Å². The van der Waals surface area contributed by atoms with Crippen LogP contribution in [-0.4, -0.2) is 38.3 Å². The Hall–Kier alpha value is -3.50. The molecule has 1 saturated heterocycles. The van der Waals surface area contributed by atoms with Crippen LogP contribution in [0.5, 0.6) is 0 Å². The van der Waals surface area contributed by atoms with Crippen molar-refractivity contribution in [2.45, 2.75) is 38.0 Å². The van der Waals surface area contributed by atoms with Gasteiger partial charge in [0.05, 0.1) is 35.5 Å². The van der Waals surface area contributed by atoms with Gasteiger partial charge < -0.3 is 10.0 Å². The van der Waals surface area contributed by atoms with Gasteiger partial charge >= 0.3 is 0 Å². The molecule has 0 aliphatic carbocycles. The molecule has 158 valence electrons. The Bertz CT molecular complexity index is 1180. The van der Waals surface area contributed by atoms with Crippen LogP contribution in [0.3, 0.4) is 0 Å². The molecule has 31 heavy (non-hydrogen) atoms. The van der Waals surface area contributed by atoms with E-state index in [-0.39, 0.29) is 24.3 Å². The first kappa shape index (κ1) is 20.8. The predicted molar refractivity (Wildman–Crippen MR) is 114 cm³/mol. The van der Waals surface area contributed by atoms with Crippen molar-refractivity contribution >= 4 is 16.8 Å². The number of rotatable bonds is 6. The maximum atomic E-state index is 13.7. The molecule has 6 nitrogen and oxygen atoms in total. The molecule has 2 atom stereocenters. The maximum absolute atomic E-state index is 13.7. The fourth-order valence-electron chi connectivity index (χ4n) is 4.16. The Balaban J connectivity index is 1.39. The number of hydrogen-bond acceptors (Lipinski definition) is 4. The SMILES string of the molecule is C=C(CCCn1ncc2cc(C#N)ccc21)C(=O)N1C[C@H](O)C[C@H]1c1cccc(F)c1. The summed E-state index contributed by atoms with van der Waals surface area (Å²) in [5.41, 5.74) is 2.66. The minimum Gasteiger partial charge on any atom is -0.391 e. The molecule has 1 fully saturated rings. The zero-order valence-electron chi connectivity index (χ0n) is 17.0. The Labute approximate surface area is 179 Å². The fraction of sp³-hybridized carbons (Fsp3) is 0.292. The number of nitriles is 1. The summed E-state index contributed by atoms with van der Waals surface area (Å²) in [6.45, 7) is 4.78. The number of aliphatic hydroxyl groups is 1. The number of amides is 1. The minimum atomic E-state index is -0.640. The number of benzene rings is 2. The zero-order chi connectivity index (χ0) is 22.0. The molecule has 1 aromatic heterocycles. The van der Waals surface area contributed by atoms with Crippen LogP contribution in [0.2, 0.25) is 0 Å².